The van der Waals surface area contributed by atoms with E-state index in [4.69, 9.17) is 6.42 Å². The number of sulfone groups is 1. The van der Waals surface area contributed by atoms with Gasteiger partial charge in [-0.15, -0.1) is 6.42 Å². The van der Waals surface area contributed by atoms with Gasteiger partial charge in [0.2, 0.25) is 0 Å². The summed E-state index contributed by atoms with van der Waals surface area (Å²) < 4.78 is 23.7. The average Bonchev–Trinajstić information content (AvgIpc) is 2.75. The zero-order valence-corrected chi connectivity index (χ0v) is 13.0. The number of amides is 1. The van der Waals surface area contributed by atoms with Gasteiger partial charge in [0.25, 0.3) is 5.91 Å². The van der Waals surface area contributed by atoms with Gasteiger partial charge < -0.3 is 4.90 Å². The van der Waals surface area contributed by atoms with Crippen molar-refractivity contribution in [2.75, 3.05) is 18.1 Å². The minimum Gasteiger partial charge on any atom is -0.323 e. The van der Waals surface area contributed by atoms with E-state index in [1.54, 1.807) is 12.1 Å². The molecule has 20 heavy (non-hydrogen) atoms. The molecule has 7 heteroatoms. The lowest BCUT2D eigenvalue weighted by Gasteiger charge is -2.26. The summed E-state index contributed by atoms with van der Waals surface area (Å²) in [4.78, 5) is 17.9. The normalized spacial score (nSPS) is 20.3. The van der Waals surface area contributed by atoms with Gasteiger partial charge in [-0.3, -0.25) is 4.79 Å². The van der Waals surface area contributed by atoms with Gasteiger partial charge in [0.05, 0.1) is 18.1 Å². The standard InChI is InChI=1S/C13H13BrN2O3S/c1-2-6-16(11-4-7-20(18,19)9-11)13(17)10-3-5-15-12(14)8-10/h1,3,5,8,11H,4,6-7,9H2. The van der Waals surface area contributed by atoms with Crippen LogP contribution in [0, 0.1) is 12.3 Å². The number of pyridine rings is 1. The van der Waals surface area contributed by atoms with Crippen molar-refractivity contribution >= 4 is 31.7 Å². The second-order valence-corrected chi connectivity index (χ2v) is 7.60. The second-order valence-electron chi connectivity index (χ2n) is 4.56. The van der Waals surface area contributed by atoms with Crippen LogP contribution in [0.15, 0.2) is 22.9 Å². The molecule has 0 radical (unpaired) electrons. The molecule has 0 saturated carbocycles. The molecule has 1 aliphatic heterocycles. The molecule has 0 N–H and O–H groups in total. The first-order chi connectivity index (χ1) is 9.43. The van der Waals surface area contributed by atoms with Gasteiger partial charge in [0.15, 0.2) is 9.84 Å². The molecule has 1 saturated heterocycles. The van der Waals surface area contributed by atoms with Crippen LogP contribution in [0.2, 0.25) is 0 Å². The fourth-order valence-corrected chi connectivity index (χ4v) is 4.28. The van der Waals surface area contributed by atoms with Crippen molar-refractivity contribution in [3.05, 3.63) is 28.5 Å². The SMILES string of the molecule is C#CCN(C(=O)c1ccnc(Br)c1)C1CCS(=O)(=O)C1. The lowest BCUT2D eigenvalue weighted by atomic mass is 10.1. The molecule has 1 unspecified atom stereocenters. The maximum absolute atomic E-state index is 12.5. The maximum atomic E-state index is 12.5. The van der Waals surface area contributed by atoms with E-state index in [9.17, 15) is 13.2 Å². The lowest BCUT2D eigenvalue weighted by Crippen LogP contribution is -2.41. The minimum atomic E-state index is -3.07. The van der Waals surface area contributed by atoms with E-state index in [1.165, 1.54) is 11.1 Å². The molecular weight excluding hydrogens is 344 g/mol. The quantitative estimate of drug-likeness (QED) is 0.600. The van der Waals surface area contributed by atoms with E-state index in [-0.39, 0.29) is 30.0 Å². The summed E-state index contributed by atoms with van der Waals surface area (Å²) in [6.07, 6.45) is 7.24. The van der Waals surface area contributed by atoms with Crippen LogP contribution in [-0.4, -0.2) is 48.3 Å². The van der Waals surface area contributed by atoms with E-state index < -0.39 is 9.84 Å². The molecule has 1 atom stereocenters. The molecule has 0 bridgehead atoms. The third-order valence-corrected chi connectivity index (χ3v) is 5.33. The van der Waals surface area contributed by atoms with Crippen molar-refractivity contribution in [3.8, 4) is 12.3 Å². The topological polar surface area (TPSA) is 67.3 Å². The predicted molar refractivity (Wildman–Crippen MR) is 78.9 cm³/mol. The Bertz CT molecular complexity index is 666. The number of carbonyl (C=O) groups excluding carboxylic acids is 1. The first-order valence-electron chi connectivity index (χ1n) is 5.99. The van der Waals surface area contributed by atoms with Crippen LogP contribution in [0.4, 0.5) is 0 Å². The number of hydrogen-bond acceptors (Lipinski definition) is 4. The van der Waals surface area contributed by atoms with Gasteiger partial charge in [0, 0.05) is 17.8 Å². The number of terminal acetylenes is 1. The predicted octanol–water partition coefficient (Wildman–Crippen LogP) is 1.11. The van der Waals surface area contributed by atoms with Crippen LogP contribution in [0.3, 0.4) is 0 Å². The Morgan fingerprint density at radius 1 is 1.60 bits per heavy atom. The smallest absolute Gasteiger partial charge is 0.255 e. The van der Waals surface area contributed by atoms with Gasteiger partial charge >= 0.3 is 0 Å². The molecule has 1 aliphatic rings. The van der Waals surface area contributed by atoms with Crippen LogP contribution >= 0.6 is 15.9 Å². The van der Waals surface area contributed by atoms with E-state index in [2.05, 4.69) is 26.8 Å². The third-order valence-electron chi connectivity index (χ3n) is 3.15. The summed E-state index contributed by atoms with van der Waals surface area (Å²) in [6.45, 7) is 0.0962. The number of nitrogens with zero attached hydrogens (tertiary/aromatic N) is 2. The summed E-state index contributed by atoms with van der Waals surface area (Å²) >= 11 is 3.20. The van der Waals surface area contributed by atoms with Crippen molar-refractivity contribution < 1.29 is 13.2 Å². The minimum absolute atomic E-state index is 0.0212. The summed E-state index contributed by atoms with van der Waals surface area (Å²) in [5.74, 6) is 2.23. The molecule has 2 rings (SSSR count). The summed E-state index contributed by atoms with van der Waals surface area (Å²) in [5, 5.41) is 0. The Hall–Kier alpha value is -1.39. The maximum Gasteiger partial charge on any atom is 0.255 e. The van der Waals surface area contributed by atoms with Gasteiger partial charge in [0.1, 0.15) is 4.60 Å². The molecule has 1 aromatic rings. The molecule has 106 valence electrons. The van der Waals surface area contributed by atoms with Crippen molar-refractivity contribution in [2.45, 2.75) is 12.5 Å². The first kappa shape index (κ1) is 15.0. The fraction of sp³-hybridized carbons (Fsp3) is 0.385. The van der Waals surface area contributed by atoms with Crippen LogP contribution in [0.25, 0.3) is 0 Å². The second kappa shape index (κ2) is 5.94. The summed E-state index contributed by atoms with van der Waals surface area (Å²) in [5.41, 5.74) is 0.437. The molecule has 2 heterocycles. The third kappa shape index (κ3) is 3.38. The van der Waals surface area contributed by atoms with E-state index >= 15 is 0 Å². The lowest BCUT2D eigenvalue weighted by molar-refractivity contribution is 0.0724. The van der Waals surface area contributed by atoms with Crippen LogP contribution in [0.1, 0.15) is 16.8 Å². The summed E-state index contributed by atoms with van der Waals surface area (Å²) in [6, 6.07) is 2.82. The molecule has 0 spiro atoms. The van der Waals surface area contributed by atoms with Crippen LogP contribution in [-0.2, 0) is 9.84 Å². The monoisotopic (exact) mass is 356 g/mol. The Morgan fingerprint density at radius 2 is 2.35 bits per heavy atom. The van der Waals surface area contributed by atoms with Crippen LogP contribution in [0.5, 0.6) is 0 Å². The van der Waals surface area contributed by atoms with Gasteiger partial charge in [-0.05, 0) is 34.5 Å². The van der Waals surface area contributed by atoms with Crippen LogP contribution < -0.4 is 0 Å². The molecule has 5 nitrogen and oxygen atoms in total. The van der Waals surface area contributed by atoms with E-state index in [0.29, 0.717) is 16.6 Å². The average molecular weight is 357 g/mol. The van der Waals surface area contributed by atoms with E-state index in [1.807, 2.05) is 0 Å². The Labute approximate surface area is 126 Å². The molecule has 0 aliphatic carbocycles. The van der Waals surface area contributed by atoms with Gasteiger partial charge in [-0.25, -0.2) is 13.4 Å². The van der Waals surface area contributed by atoms with E-state index in [0.717, 1.165) is 0 Å². The molecule has 0 aromatic carbocycles. The van der Waals surface area contributed by atoms with Crippen molar-refractivity contribution in [1.29, 1.82) is 0 Å². The molecule has 1 fully saturated rings. The van der Waals surface area contributed by atoms with Crippen molar-refractivity contribution in [2.24, 2.45) is 0 Å². The number of carbonyl (C=O) groups is 1. The highest BCUT2D eigenvalue weighted by Gasteiger charge is 2.34. The Kier molecular flexibility index (Phi) is 4.45. The van der Waals surface area contributed by atoms with Crippen molar-refractivity contribution in [1.82, 2.24) is 9.88 Å². The number of hydrogen-bond donors (Lipinski definition) is 0. The zero-order valence-electron chi connectivity index (χ0n) is 10.6. The highest BCUT2D eigenvalue weighted by atomic mass is 79.9. The molecular formula is C13H13BrN2O3S. The molecule has 1 amide bonds. The van der Waals surface area contributed by atoms with Gasteiger partial charge in [-0.2, -0.15) is 0 Å². The van der Waals surface area contributed by atoms with Crippen molar-refractivity contribution in [3.63, 3.8) is 0 Å². The molecule has 1 aromatic heterocycles. The zero-order chi connectivity index (χ0) is 14.8. The van der Waals surface area contributed by atoms with Gasteiger partial charge in [-0.1, -0.05) is 5.92 Å². The Balaban J connectivity index is 2.25. The number of aromatic nitrogens is 1. The first-order valence-corrected chi connectivity index (χ1v) is 8.61. The fourth-order valence-electron chi connectivity index (χ4n) is 2.19. The Morgan fingerprint density at radius 3 is 2.90 bits per heavy atom. The highest BCUT2D eigenvalue weighted by molar-refractivity contribution is 9.10. The summed E-state index contributed by atoms with van der Waals surface area (Å²) in [7, 11) is -3.07. The number of rotatable bonds is 3. The number of halogens is 1. The largest absolute Gasteiger partial charge is 0.323 e. The highest BCUT2D eigenvalue weighted by Crippen LogP contribution is 2.20.